The molecule has 2 N–H and O–H groups in total. The topological polar surface area (TPSA) is 107 Å². The predicted molar refractivity (Wildman–Crippen MR) is 122 cm³/mol. The molecule has 2 aromatic carbocycles. The number of aromatic nitrogens is 1. The van der Waals surface area contributed by atoms with Crippen LogP contribution in [0.25, 0.3) is 11.5 Å². The van der Waals surface area contributed by atoms with Crippen molar-refractivity contribution in [2.24, 2.45) is 0 Å². The highest BCUT2D eigenvalue weighted by atomic mass is 16.5. The van der Waals surface area contributed by atoms with Gasteiger partial charge in [-0.1, -0.05) is 12.1 Å². The van der Waals surface area contributed by atoms with E-state index in [1.165, 1.54) is 6.26 Å². The summed E-state index contributed by atoms with van der Waals surface area (Å²) in [5, 5.41) is 5.70. The molecule has 0 fully saturated rings. The van der Waals surface area contributed by atoms with E-state index in [-0.39, 0.29) is 18.4 Å². The summed E-state index contributed by atoms with van der Waals surface area (Å²) < 4.78 is 16.2. The fourth-order valence-electron chi connectivity index (χ4n) is 3.29. The maximum atomic E-state index is 12.5. The maximum Gasteiger partial charge on any atom is 0.259 e. The number of benzene rings is 2. The number of hydrogen-bond acceptors (Lipinski definition) is 6. The van der Waals surface area contributed by atoms with Crippen LogP contribution in [-0.4, -0.2) is 23.9 Å². The van der Waals surface area contributed by atoms with Gasteiger partial charge in [0.1, 0.15) is 23.0 Å². The van der Waals surface area contributed by atoms with Gasteiger partial charge in [0.2, 0.25) is 5.89 Å². The molecule has 0 saturated carbocycles. The largest absolute Gasteiger partial charge is 0.497 e. The fourth-order valence-corrected chi connectivity index (χ4v) is 3.29. The van der Waals surface area contributed by atoms with Crippen molar-refractivity contribution in [3.8, 4) is 17.2 Å². The number of ether oxygens (including phenoxy) is 1. The second kappa shape index (κ2) is 9.44. The number of amides is 2. The zero-order valence-corrected chi connectivity index (χ0v) is 18.5. The lowest BCUT2D eigenvalue weighted by Crippen LogP contribution is -2.23. The Kier molecular flexibility index (Phi) is 6.26. The van der Waals surface area contributed by atoms with E-state index < -0.39 is 0 Å². The Balaban J connectivity index is 1.45. The van der Waals surface area contributed by atoms with Gasteiger partial charge >= 0.3 is 0 Å². The summed E-state index contributed by atoms with van der Waals surface area (Å²) in [4.78, 5) is 29.5. The van der Waals surface area contributed by atoms with Gasteiger partial charge in [0.15, 0.2) is 0 Å². The molecule has 4 rings (SSSR count). The number of nitrogens with zero attached hydrogens (tertiary/aromatic N) is 1. The highest BCUT2D eigenvalue weighted by Gasteiger charge is 2.15. The quantitative estimate of drug-likeness (QED) is 0.425. The van der Waals surface area contributed by atoms with E-state index in [4.69, 9.17) is 13.6 Å². The minimum atomic E-state index is -0.261. The summed E-state index contributed by atoms with van der Waals surface area (Å²) in [6.45, 7) is 3.73. The van der Waals surface area contributed by atoms with Gasteiger partial charge in [-0.3, -0.25) is 9.59 Å². The van der Waals surface area contributed by atoms with Crippen LogP contribution in [0.15, 0.2) is 69.7 Å². The third-order valence-corrected chi connectivity index (χ3v) is 5.11. The highest BCUT2D eigenvalue weighted by Crippen LogP contribution is 2.25. The molecule has 0 aliphatic rings. The number of nitrogens with one attached hydrogen (secondary N) is 2. The van der Waals surface area contributed by atoms with E-state index in [9.17, 15) is 9.59 Å². The number of rotatable bonds is 7. The predicted octanol–water partition coefficient (Wildman–Crippen LogP) is 4.74. The number of furan rings is 1. The van der Waals surface area contributed by atoms with E-state index in [2.05, 4.69) is 15.6 Å². The van der Waals surface area contributed by atoms with Crippen LogP contribution in [0.1, 0.15) is 37.9 Å². The molecule has 0 bridgehead atoms. The summed E-state index contributed by atoms with van der Waals surface area (Å²) in [5.74, 6) is 1.65. The highest BCUT2D eigenvalue weighted by molar-refractivity contribution is 6.05. The van der Waals surface area contributed by atoms with Gasteiger partial charge in [0.05, 0.1) is 25.5 Å². The smallest absolute Gasteiger partial charge is 0.259 e. The van der Waals surface area contributed by atoms with Crippen LogP contribution >= 0.6 is 0 Å². The lowest BCUT2D eigenvalue weighted by Gasteiger charge is -2.06. The zero-order chi connectivity index (χ0) is 23.4. The number of carbonyl (C=O) groups is 2. The van der Waals surface area contributed by atoms with Crippen molar-refractivity contribution in [3.63, 3.8) is 0 Å². The van der Waals surface area contributed by atoms with Crippen LogP contribution in [0.3, 0.4) is 0 Å². The van der Waals surface area contributed by atoms with Gasteiger partial charge in [-0.05, 0) is 56.3 Å². The number of carbonyl (C=O) groups excluding carboxylic acids is 2. The number of methoxy groups -OCH3 is 1. The molecule has 8 nitrogen and oxygen atoms in total. The van der Waals surface area contributed by atoms with Crippen molar-refractivity contribution >= 4 is 17.5 Å². The molecule has 0 radical (unpaired) electrons. The van der Waals surface area contributed by atoms with Crippen LogP contribution in [0, 0.1) is 13.8 Å². The molecule has 0 aliphatic carbocycles. The number of aryl methyl sites for hydroxylation is 2. The number of anilines is 1. The van der Waals surface area contributed by atoms with Crippen molar-refractivity contribution in [1.82, 2.24) is 10.3 Å². The molecule has 2 heterocycles. The van der Waals surface area contributed by atoms with Gasteiger partial charge in [0.25, 0.3) is 11.8 Å². The first kappa shape index (κ1) is 21.9. The van der Waals surface area contributed by atoms with Crippen LogP contribution in [0.2, 0.25) is 0 Å². The minimum absolute atomic E-state index is 0.210. The SMILES string of the molecule is COc1cccc(C(=O)NCc2nc(-c3cccc(NC(=O)c4ccoc4C)c3)oc2C)c1. The standard InChI is InChI=1S/C25H23N3O5/c1-15-21(10-11-32-15)24(30)27-19-8-4-7-18(12-19)25-28-22(16(2)33-25)14-26-23(29)17-6-5-9-20(13-17)31-3/h4-13H,14H2,1-3H3,(H,26,29)(H,27,30). The summed E-state index contributed by atoms with van der Waals surface area (Å²) in [6, 6.07) is 15.7. The monoisotopic (exact) mass is 445 g/mol. The molecular weight excluding hydrogens is 422 g/mol. The van der Waals surface area contributed by atoms with Crippen molar-refractivity contribution < 1.29 is 23.2 Å². The van der Waals surface area contributed by atoms with Crippen LogP contribution in [-0.2, 0) is 6.54 Å². The van der Waals surface area contributed by atoms with E-state index in [0.29, 0.717) is 51.2 Å². The lowest BCUT2D eigenvalue weighted by atomic mass is 10.2. The average molecular weight is 445 g/mol. The molecule has 0 aliphatic heterocycles. The normalized spacial score (nSPS) is 10.6. The Hall–Kier alpha value is -4.33. The molecular formula is C25H23N3O5. The maximum absolute atomic E-state index is 12.5. The molecule has 0 atom stereocenters. The van der Waals surface area contributed by atoms with Crippen molar-refractivity contribution in [1.29, 1.82) is 0 Å². The van der Waals surface area contributed by atoms with E-state index in [1.807, 2.05) is 6.07 Å². The molecule has 0 unspecified atom stereocenters. The van der Waals surface area contributed by atoms with Crippen molar-refractivity contribution in [2.45, 2.75) is 20.4 Å². The van der Waals surface area contributed by atoms with Gasteiger partial charge in [-0.2, -0.15) is 0 Å². The van der Waals surface area contributed by atoms with E-state index in [1.54, 1.807) is 69.5 Å². The molecule has 2 aromatic heterocycles. The molecule has 168 valence electrons. The van der Waals surface area contributed by atoms with Crippen molar-refractivity contribution in [3.05, 3.63) is 89.2 Å². The van der Waals surface area contributed by atoms with Gasteiger partial charge in [-0.15, -0.1) is 0 Å². The zero-order valence-electron chi connectivity index (χ0n) is 18.5. The fraction of sp³-hybridized carbons (Fsp3) is 0.160. The Morgan fingerprint density at radius 3 is 2.58 bits per heavy atom. The van der Waals surface area contributed by atoms with E-state index in [0.717, 1.165) is 0 Å². The number of hydrogen-bond donors (Lipinski definition) is 2. The summed E-state index contributed by atoms with van der Waals surface area (Å²) in [6.07, 6.45) is 1.48. The third-order valence-electron chi connectivity index (χ3n) is 5.11. The second-order valence-corrected chi connectivity index (χ2v) is 7.36. The summed E-state index contributed by atoms with van der Waals surface area (Å²) >= 11 is 0. The third kappa shape index (κ3) is 4.95. The molecule has 33 heavy (non-hydrogen) atoms. The first-order valence-corrected chi connectivity index (χ1v) is 10.3. The minimum Gasteiger partial charge on any atom is -0.497 e. The molecule has 4 aromatic rings. The van der Waals surface area contributed by atoms with Crippen molar-refractivity contribution in [2.75, 3.05) is 12.4 Å². The summed E-state index contributed by atoms with van der Waals surface area (Å²) in [7, 11) is 1.55. The Bertz CT molecular complexity index is 1300. The Morgan fingerprint density at radius 2 is 1.82 bits per heavy atom. The van der Waals surface area contributed by atoms with Gasteiger partial charge in [0, 0.05) is 16.8 Å². The van der Waals surface area contributed by atoms with Gasteiger partial charge < -0.3 is 24.2 Å². The lowest BCUT2D eigenvalue weighted by molar-refractivity contribution is 0.0949. The van der Waals surface area contributed by atoms with Crippen LogP contribution in [0.4, 0.5) is 5.69 Å². The average Bonchev–Trinajstić information content (AvgIpc) is 3.43. The van der Waals surface area contributed by atoms with Gasteiger partial charge in [-0.25, -0.2) is 4.98 Å². The van der Waals surface area contributed by atoms with Crippen LogP contribution < -0.4 is 15.4 Å². The molecule has 2 amide bonds. The Labute approximate surface area is 190 Å². The number of oxazole rings is 1. The van der Waals surface area contributed by atoms with Crippen LogP contribution in [0.5, 0.6) is 5.75 Å². The summed E-state index contributed by atoms with van der Waals surface area (Å²) in [5.41, 5.74) is 2.88. The molecule has 8 heteroatoms. The van der Waals surface area contributed by atoms with E-state index >= 15 is 0 Å². The second-order valence-electron chi connectivity index (χ2n) is 7.36. The Morgan fingerprint density at radius 1 is 1.00 bits per heavy atom. The molecule has 0 spiro atoms. The first-order valence-electron chi connectivity index (χ1n) is 10.3. The first-order chi connectivity index (χ1) is 15.9. The molecule has 0 saturated heterocycles.